The Morgan fingerprint density at radius 1 is 1.62 bits per heavy atom. The van der Waals surface area contributed by atoms with Crippen molar-refractivity contribution in [2.45, 2.75) is 31.5 Å². The van der Waals surface area contributed by atoms with Crippen molar-refractivity contribution in [2.24, 2.45) is 11.7 Å². The summed E-state index contributed by atoms with van der Waals surface area (Å²) in [6.07, 6.45) is 0.0959. The molecule has 0 aromatic heterocycles. The molecular weight excluding hydrogens is 298 g/mol. The SMILES string of the molecule is CC(O)C1C(=O)N2C(C(=O)O)=C(C(=S=O)C(N)C=N)CC12. The van der Waals surface area contributed by atoms with E-state index in [9.17, 15) is 24.0 Å². The Morgan fingerprint density at radius 2 is 2.24 bits per heavy atom. The second-order valence-electron chi connectivity index (χ2n) is 5.02. The zero-order valence-corrected chi connectivity index (χ0v) is 12.0. The molecule has 4 unspecified atom stereocenters. The van der Waals surface area contributed by atoms with Crippen molar-refractivity contribution < 1.29 is 24.0 Å². The summed E-state index contributed by atoms with van der Waals surface area (Å²) in [5, 5.41) is 26.0. The fourth-order valence-electron chi connectivity index (χ4n) is 2.87. The van der Waals surface area contributed by atoms with Crippen molar-refractivity contribution in [2.75, 3.05) is 0 Å². The third kappa shape index (κ3) is 2.23. The zero-order valence-electron chi connectivity index (χ0n) is 11.1. The number of aliphatic hydroxyl groups is 1. The Morgan fingerprint density at radius 3 is 2.67 bits per heavy atom. The highest BCUT2D eigenvalue weighted by Gasteiger charge is 2.57. The zero-order chi connectivity index (χ0) is 15.9. The number of amides is 1. The Bertz CT molecular complexity index is 608. The molecule has 2 rings (SSSR count). The second kappa shape index (κ2) is 5.51. The number of nitrogens with two attached hydrogens (primary N) is 1. The number of hydrogen-bond acceptors (Lipinski definition) is 6. The van der Waals surface area contributed by atoms with Crippen LogP contribution in [0.4, 0.5) is 0 Å². The van der Waals surface area contributed by atoms with Gasteiger partial charge in [0.2, 0.25) is 5.91 Å². The molecule has 0 saturated carbocycles. The van der Waals surface area contributed by atoms with E-state index in [1.807, 2.05) is 0 Å². The lowest BCUT2D eigenvalue weighted by Crippen LogP contribution is -2.61. The van der Waals surface area contributed by atoms with Gasteiger partial charge in [0, 0.05) is 11.8 Å². The molecule has 0 bridgehead atoms. The van der Waals surface area contributed by atoms with Crippen molar-refractivity contribution >= 4 is 34.2 Å². The van der Waals surface area contributed by atoms with Gasteiger partial charge in [-0.3, -0.25) is 4.79 Å². The molecule has 0 aromatic carbocycles. The number of carbonyl (C=O) groups excluding carboxylic acids is 1. The van der Waals surface area contributed by atoms with Crippen LogP contribution in [0.2, 0.25) is 0 Å². The van der Waals surface area contributed by atoms with Crippen molar-refractivity contribution in [1.29, 1.82) is 5.41 Å². The highest BCUT2D eigenvalue weighted by atomic mass is 32.1. The Labute approximate surface area is 123 Å². The van der Waals surface area contributed by atoms with Crippen LogP contribution in [0, 0.1) is 11.3 Å². The van der Waals surface area contributed by atoms with Crippen LogP contribution in [-0.4, -0.2) is 60.5 Å². The Kier molecular flexibility index (Phi) is 4.08. The molecule has 21 heavy (non-hydrogen) atoms. The van der Waals surface area contributed by atoms with Gasteiger partial charge in [-0.2, -0.15) is 0 Å². The summed E-state index contributed by atoms with van der Waals surface area (Å²) in [6.45, 7) is 1.47. The third-order valence-corrected chi connectivity index (χ3v) is 4.50. The van der Waals surface area contributed by atoms with Gasteiger partial charge in [-0.15, -0.1) is 0 Å². The maximum absolute atomic E-state index is 12.0. The van der Waals surface area contributed by atoms with Gasteiger partial charge >= 0.3 is 5.97 Å². The van der Waals surface area contributed by atoms with Crippen molar-refractivity contribution in [3.05, 3.63) is 11.3 Å². The van der Waals surface area contributed by atoms with E-state index in [0.29, 0.717) is 0 Å². The molecule has 5 N–H and O–H groups in total. The van der Waals surface area contributed by atoms with E-state index in [1.54, 1.807) is 0 Å². The van der Waals surface area contributed by atoms with Gasteiger partial charge in [0.15, 0.2) is 0 Å². The molecule has 2 heterocycles. The normalized spacial score (nSPS) is 26.8. The number of carboxylic acid groups (broad SMARTS) is 1. The molecule has 1 amide bonds. The lowest BCUT2D eigenvalue weighted by atomic mass is 9.82. The number of fused-ring (bicyclic) bond motifs is 1. The van der Waals surface area contributed by atoms with E-state index in [0.717, 1.165) is 11.1 Å². The number of aliphatic hydroxyl groups excluding tert-OH is 1. The quantitative estimate of drug-likeness (QED) is 0.270. The maximum atomic E-state index is 12.0. The molecule has 2 aliphatic heterocycles. The van der Waals surface area contributed by atoms with E-state index in [4.69, 9.17) is 11.1 Å². The van der Waals surface area contributed by atoms with E-state index < -0.39 is 36.0 Å². The van der Waals surface area contributed by atoms with Crippen LogP contribution in [0.5, 0.6) is 0 Å². The van der Waals surface area contributed by atoms with Crippen molar-refractivity contribution in [3.63, 3.8) is 0 Å². The topological polar surface area (TPSA) is 145 Å². The van der Waals surface area contributed by atoms with Crippen LogP contribution in [0.3, 0.4) is 0 Å². The fourth-order valence-corrected chi connectivity index (χ4v) is 3.33. The number of hydrogen-bond donors (Lipinski definition) is 4. The first-order chi connectivity index (χ1) is 9.84. The first kappa shape index (κ1) is 15.5. The van der Waals surface area contributed by atoms with Gasteiger partial charge in [0.05, 0.1) is 40.2 Å². The third-order valence-electron chi connectivity index (χ3n) is 3.80. The predicted molar refractivity (Wildman–Crippen MR) is 75.0 cm³/mol. The molecule has 9 heteroatoms. The number of rotatable bonds is 5. The first-order valence-electron chi connectivity index (χ1n) is 6.25. The Balaban J connectivity index is 2.47. The summed E-state index contributed by atoms with van der Waals surface area (Å²) in [4.78, 5) is 24.5. The molecule has 2 aliphatic rings. The number of nitrogens with zero attached hydrogens (tertiary/aromatic N) is 1. The number of carboxylic acids is 1. The average Bonchev–Trinajstić information content (AvgIpc) is 2.74. The summed E-state index contributed by atoms with van der Waals surface area (Å²) in [6, 6.07) is -1.48. The van der Waals surface area contributed by atoms with Crippen LogP contribution in [0.1, 0.15) is 13.3 Å². The van der Waals surface area contributed by atoms with Crippen LogP contribution < -0.4 is 5.73 Å². The van der Waals surface area contributed by atoms with Gasteiger partial charge in [-0.1, -0.05) is 0 Å². The highest BCUT2D eigenvalue weighted by Crippen LogP contribution is 2.44. The summed E-state index contributed by atoms with van der Waals surface area (Å²) in [5.41, 5.74) is 5.54. The first-order valence-corrected chi connectivity index (χ1v) is 7.00. The minimum Gasteiger partial charge on any atom is -0.477 e. The summed E-state index contributed by atoms with van der Waals surface area (Å²) < 4.78 is 11.2. The smallest absolute Gasteiger partial charge is 0.352 e. The molecule has 1 fully saturated rings. The van der Waals surface area contributed by atoms with E-state index in [-0.39, 0.29) is 33.8 Å². The standard InChI is InChI=1S/C12H15N3O5S/c1-4(16)8-7-2-5(10(21-20)6(14)3-13)9(12(18)19)15(7)11(8)17/h3-4,6-8,13,16H,2,14H2,1H3,(H,18,19). The van der Waals surface area contributed by atoms with Gasteiger partial charge in [-0.05, 0) is 13.3 Å². The number of carbonyl (C=O) groups is 2. The van der Waals surface area contributed by atoms with Crippen LogP contribution in [0.15, 0.2) is 11.3 Å². The average molecular weight is 313 g/mol. The van der Waals surface area contributed by atoms with E-state index in [2.05, 4.69) is 0 Å². The molecular formula is C12H15N3O5S. The monoisotopic (exact) mass is 313 g/mol. The molecule has 0 aliphatic carbocycles. The summed E-state index contributed by atoms with van der Waals surface area (Å²) in [5.74, 6) is -2.47. The molecule has 4 atom stereocenters. The van der Waals surface area contributed by atoms with Crippen LogP contribution in [0.25, 0.3) is 0 Å². The molecule has 0 aromatic rings. The van der Waals surface area contributed by atoms with Crippen molar-refractivity contribution in [1.82, 2.24) is 4.90 Å². The molecule has 0 spiro atoms. The molecule has 1 saturated heterocycles. The number of aliphatic carboxylic acids is 1. The highest BCUT2D eigenvalue weighted by molar-refractivity contribution is 7.67. The van der Waals surface area contributed by atoms with Gasteiger partial charge in [0.25, 0.3) is 0 Å². The fraction of sp³-hybridized carbons (Fsp3) is 0.500. The largest absolute Gasteiger partial charge is 0.477 e. The lowest BCUT2D eigenvalue weighted by Gasteiger charge is -2.44. The molecule has 0 radical (unpaired) electrons. The Hall–Kier alpha value is -1.84. The van der Waals surface area contributed by atoms with Gasteiger partial charge in [-0.25, -0.2) is 9.00 Å². The van der Waals surface area contributed by atoms with Crippen molar-refractivity contribution in [3.8, 4) is 0 Å². The number of β-lactam (4-membered cyclic amide) rings is 1. The minimum atomic E-state index is -1.33. The van der Waals surface area contributed by atoms with Gasteiger partial charge < -0.3 is 26.3 Å². The maximum Gasteiger partial charge on any atom is 0.352 e. The lowest BCUT2D eigenvalue weighted by molar-refractivity contribution is -0.161. The second-order valence-corrected chi connectivity index (χ2v) is 5.62. The molecule has 114 valence electrons. The molecule has 8 nitrogen and oxygen atoms in total. The minimum absolute atomic E-state index is 0.0222. The van der Waals surface area contributed by atoms with E-state index >= 15 is 0 Å². The van der Waals surface area contributed by atoms with E-state index in [1.165, 1.54) is 6.92 Å². The van der Waals surface area contributed by atoms with Crippen LogP contribution in [-0.2, 0) is 20.8 Å². The summed E-state index contributed by atoms with van der Waals surface area (Å²) in [7, 11) is 0. The van der Waals surface area contributed by atoms with Gasteiger partial charge in [0.1, 0.15) is 5.70 Å². The van der Waals surface area contributed by atoms with Crippen LogP contribution >= 0.6 is 0 Å². The predicted octanol–water partition coefficient (Wildman–Crippen LogP) is -1.70. The number of nitrogens with one attached hydrogen (secondary N) is 1. The summed E-state index contributed by atoms with van der Waals surface area (Å²) >= 11 is 0.0325.